The third-order valence-electron chi connectivity index (χ3n) is 4.54. The fourth-order valence-corrected chi connectivity index (χ4v) is 3.43. The molecule has 8 heteroatoms. The number of amides is 1. The Morgan fingerprint density at radius 1 is 1.39 bits per heavy atom. The quantitative estimate of drug-likeness (QED) is 0.510. The minimum atomic E-state index is -0.435. The average Bonchev–Trinajstić information content (AvgIpc) is 3.15. The molecule has 0 saturated carbocycles. The number of pyridine rings is 1. The maximum Gasteiger partial charge on any atom is 0.248 e. The lowest BCUT2D eigenvalue weighted by atomic mass is 10.1. The highest BCUT2D eigenvalue weighted by Gasteiger charge is 2.25. The van der Waals surface area contributed by atoms with Crippen molar-refractivity contribution in [1.29, 1.82) is 0 Å². The molecule has 1 aliphatic heterocycles. The summed E-state index contributed by atoms with van der Waals surface area (Å²) in [4.78, 5) is 22.6. The SMILES string of the molecule is CCNC(=NCc1cccc(C(N)=O)c1)NC1CCN(c2ncccc2Cl)C1. The molecule has 0 aliphatic carbocycles. The summed E-state index contributed by atoms with van der Waals surface area (Å²) in [5, 5.41) is 7.41. The number of nitrogens with two attached hydrogens (primary N) is 1. The van der Waals surface area contributed by atoms with Crippen LogP contribution in [0, 0.1) is 0 Å². The van der Waals surface area contributed by atoms with Crippen molar-refractivity contribution in [2.24, 2.45) is 10.7 Å². The fraction of sp³-hybridized carbons (Fsp3) is 0.350. The Balaban J connectivity index is 1.63. The Hall–Kier alpha value is -2.80. The van der Waals surface area contributed by atoms with Crippen LogP contribution in [-0.2, 0) is 6.54 Å². The van der Waals surface area contributed by atoms with Crippen LogP contribution in [0.3, 0.4) is 0 Å². The number of hydrogen-bond donors (Lipinski definition) is 3. The van der Waals surface area contributed by atoms with E-state index in [1.807, 2.05) is 31.2 Å². The topological polar surface area (TPSA) is 95.6 Å². The number of hydrogen-bond acceptors (Lipinski definition) is 4. The molecule has 1 amide bonds. The second kappa shape index (κ2) is 9.41. The first-order chi connectivity index (χ1) is 13.6. The van der Waals surface area contributed by atoms with Crippen molar-refractivity contribution in [2.45, 2.75) is 25.9 Å². The van der Waals surface area contributed by atoms with E-state index in [4.69, 9.17) is 17.3 Å². The van der Waals surface area contributed by atoms with Gasteiger partial charge in [0.15, 0.2) is 5.96 Å². The Morgan fingerprint density at radius 3 is 3.00 bits per heavy atom. The van der Waals surface area contributed by atoms with Crippen LogP contribution in [0.4, 0.5) is 5.82 Å². The summed E-state index contributed by atoms with van der Waals surface area (Å²) in [6, 6.07) is 11.2. The minimum absolute atomic E-state index is 0.243. The van der Waals surface area contributed by atoms with E-state index in [-0.39, 0.29) is 6.04 Å². The van der Waals surface area contributed by atoms with E-state index in [1.54, 1.807) is 18.3 Å². The maximum atomic E-state index is 11.3. The van der Waals surface area contributed by atoms with Gasteiger partial charge in [0.05, 0.1) is 11.6 Å². The summed E-state index contributed by atoms with van der Waals surface area (Å²) in [6.45, 7) is 4.93. The summed E-state index contributed by atoms with van der Waals surface area (Å²) in [6.07, 6.45) is 2.72. The van der Waals surface area contributed by atoms with Crippen molar-refractivity contribution >= 4 is 29.3 Å². The van der Waals surface area contributed by atoms with E-state index < -0.39 is 5.91 Å². The van der Waals surface area contributed by atoms with Gasteiger partial charge in [-0.2, -0.15) is 0 Å². The number of guanidine groups is 1. The molecule has 1 atom stereocenters. The highest BCUT2D eigenvalue weighted by molar-refractivity contribution is 6.32. The minimum Gasteiger partial charge on any atom is -0.366 e. The normalized spacial score (nSPS) is 16.9. The van der Waals surface area contributed by atoms with Crippen LogP contribution < -0.4 is 21.3 Å². The number of carbonyl (C=O) groups is 1. The molecule has 0 bridgehead atoms. The Kier molecular flexibility index (Phi) is 6.71. The second-order valence-corrected chi connectivity index (χ2v) is 7.05. The number of carbonyl (C=O) groups excluding carboxylic acids is 1. The smallest absolute Gasteiger partial charge is 0.248 e. The number of primary amides is 1. The van der Waals surface area contributed by atoms with Crippen LogP contribution in [0.25, 0.3) is 0 Å². The van der Waals surface area contributed by atoms with Gasteiger partial charge in [-0.15, -0.1) is 0 Å². The molecule has 1 saturated heterocycles. The van der Waals surface area contributed by atoms with E-state index in [0.717, 1.165) is 43.4 Å². The maximum absolute atomic E-state index is 11.3. The predicted octanol–water partition coefficient (Wildman–Crippen LogP) is 2.17. The van der Waals surface area contributed by atoms with E-state index in [0.29, 0.717) is 17.1 Å². The molecule has 1 aliphatic rings. The molecule has 1 aromatic carbocycles. The van der Waals surface area contributed by atoms with Gasteiger partial charge in [0.25, 0.3) is 0 Å². The van der Waals surface area contributed by atoms with E-state index in [9.17, 15) is 4.79 Å². The van der Waals surface area contributed by atoms with Gasteiger partial charge >= 0.3 is 0 Å². The van der Waals surface area contributed by atoms with Crippen molar-refractivity contribution in [3.8, 4) is 0 Å². The Bertz CT molecular complexity index is 856. The first-order valence-electron chi connectivity index (χ1n) is 9.36. The molecule has 2 heterocycles. The molecule has 1 aromatic heterocycles. The second-order valence-electron chi connectivity index (χ2n) is 6.64. The molecule has 1 unspecified atom stereocenters. The average molecular weight is 401 g/mol. The number of halogens is 1. The van der Waals surface area contributed by atoms with Gasteiger partial charge in [-0.1, -0.05) is 23.7 Å². The number of benzene rings is 1. The summed E-state index contributed by atoms with van der Waals surface area (Å²) in [7, 11) is 0. The monoisotopic (exact) mass is 400 g/mol. The molecular weight excluding hydrogens is 376 g/mol. The first-order valence-corrected chi connectivity index (χ1v) is 9.73. The van der Waals surface area contributed by atoms with Crippen molar-refractivity contribution < 1.29 is 4.79 Å². The third-order valence-corrected chi connectivity index (χ3v) is 4.84. The van der Waals surface area contributed by atoms with E-state index in [1.165, 1.54) is 0 Å². The summed E-state index contributed by atoms with van der Waals surface area (Å²) in [5.74, 6) is 1.12. The zero-order valence-electron chi connectivity index (χ0n) is 15.9. The lowest BCUT2D eigenvalue weighted by Gasteiger charge is -2.20. The Morgan fingerprint density at radius 2 is 2.25 bits per heavy atom. The number of aromatic nitrogens is 1. The van der Waals surface area contributed by atoms with Crippen LogP contribution in [0.2, 0.25) is 5.02 Å². The van der Waals surface area contributed by atoms with E-state index in [2.05, 4.69) is 25.5 Å². The van der Waals surface area contributed by atoms with Crippen LogP contribution in [-0.4, -0.2) is 42.5 Å². The molecule has 0 spiro atoms. The largest absolute Gasteiger partial charge is 0.366 e. The Labute approximate surface area is 170 Å². The van der Waals surface area contributed by atoms with Crippen molar-refractivity contribution in [3.05, 3.63) is 58.7 Å². The molecule has 0 radical (unpaired) electrons. The van der Waals surface area contributed by atoms with Gasteiger partial charge < -0.3 is 21.3 Å². The van der Waals surface area contributed by atoms with Gasteiger partial charge in [-0.25, -0.2) is 9.98 Å². The highest BCUT2D eigenvalue weighted by atomic mass is 35.5. The third kappa shape index (κ3) is 5.13. The van der Waals surface area contributed by atoms with Gasteiger partial charge in [-0.05, 0) is 43.2 Å². The molecule has 3 rings (SSSR count). The molecule has 148 valence electrons. The van der Waals surface area contributed by atoms with Crippen molar-refractivity contribution in [1.82, 2.24) is 15.6 Å². The van der Waals surface area contributed by atoms with Crippen LogP contribution in [0.15, 0.2) is 47.6 Å². The lowest BCUT2D eigenvalue weighted by Crippen LogP contribution is -2.44. The van der Waals surface area contributed by atoms with E-state index >= 15 is 0 Å². The summed E-state index contributed by atoms with van der Waals surface area (Å²) >= 11 is 6.27. The first kappa shape index (κ1) is 19.9. The van der Waals surface area contributed by atoms with Crippen LogP contribution in [0.5, 0.6) is 0 Å². The van der Waals surface area contributed by atoms with Gasteiger partial charge in [0.1, 0.15) is 5.82 Å². The van der Waals surface area contributed by atoms with Crippen molar-refractivity contribution in [3.63, 3.8) is 0 Å². The highest BCUT2D eigenvalue weighted by Crippen LogP contribution is 2.25. The standard InChI is InChI=1S/C20H25ClN6O/c1-2-23-20(25-12-14-5-3-6-15(11-14)18(22)28)26-16-8-10-27(13-16)19-17(21)7-4-9-24-19/h3-7,9,11,16H,2,8,10,12-13H2,1H3,(H2,22,28)(H2,23,25,26). The zero-order valence-corrected chi connectivity index (χ0v) is 16.6. The summed E-state index contributed by atoms with van der Waals surface area (Å²) in [5.41, 5.74) is 6.77. The van der Waals surface area contributed by atoms with Gasteiger partial charge in [-0.3, -0.25) is 4.79 Å². The molecule has 2 aromatic rings. The lowest BCUT2D eigenvalue weighted by molar-refractivity contribution is 0.1000. The van der Waals surface area contributed by atoms with Crippen LogP contribution >= 0.6 is 11.6 Å². The molecular formula is C20H25ClN6O. The predicted molar refractivity (Wildman–Crippen MR) is 113 cm³/mol. The number of aliphatic imine (C=N–C) groups is 1. The van der Waals surface area contributed by atoms with Gasteiger partial charge in [0, 0.05) is 37.4 Å². The number of rotatable bonds is 6. The van der Waals surface area contributed by atoms with Gasteiger partial charge in [0.2, 0.25) is 5.91 Å². The number of nitrogens with zero attached hydrogens (tertiary/aromatic N) is 3. The summed E-state index contributed by atoms with van der Waals surface area (Å²) < 4.78 is 0. The molecule has 4 N–H and O–H groups in total. The fourth-order valence-electron chi connectivity index (χ4n) is 3.19. The molecule has 28 heavy (non-hydrogen) atoms. The zero-order chi connectivity index (χ0) is 19.9. The molecule has 7 nitrogen and oxygen atoms in total. The number of anilines is 1. The number of nitrogens with one attached hydrogen (secondary N) is 2. The molecule has 1 fully saturated rings. The van der Waals surface area contributed by atoms with Crippen molar-refractivity contribution in [2.75, 3.05) is 24.5 Å². The van der Waals surface area contributed by atoms with Crippen LogP contribution in [0.1, 0.15) is 29.3 Å².